The largest absolute Gasteiger partial charge is 0.467 e. The molecule has 0 saturated heterocycles. The number of nitriles is 1. The van der Waals surface area contributed by atoms with Crippen molar-refractivity contribution in [1.29, 1.82) is 5.26 Å². The van der Waals surface area contributed by atoms with E-state index in [2.05, 4.69) is 11.4 Å². The molecule has 1 N–H and O–H groups in total. The molecule has 0 radical (unpaired) electrons. The van der Waals surface area contributed by atoms with Crippen molar-refractivity contribution in [2.75, 3.05) is 19.1 Å². The number of hydrogen-bond donors (Lipinski definition) is 1. The van der Waals surface area contributed by atoms with Gasteiger partial charge in [0.25, 0.3) is 0 Å². The van der Waals surface area contributed by atoms with Crippen LogP contribution < -0.4 is 10.1 Å². The average molecular weight is 386 g/mol. The van der Waals surface area contributed by atoms with E-state index in [4.69, 9.17) is 14.7 Å². The number of carbonyl (C=O) groups excluding carboxylic acids is 1. The molecule has 1 heterocycles. The summed E-state index contributed by atoms with van der Waals surface area (Å²) < 4.78 is 24.3. The molecule has 0 saturated carbocycles. The normalized spacial score (nSPS) is 12.6. The number of nitrogens with one attached hydrogen (secondary N) is 1. The van der Waals surface area contributed by atoms with Crippen molar-refractivity contribution in [3.63, 3.8) is 0 Å². The number of amides is 1. The van der Waals surface area contributed by atoms with Gasteiger partial charge in [0.15, 0.2) is 6.79 Å². The summed E-state index contributed by atoms with van der Waals surface area (Å²) in [5, 5.41) is 11.6. The number of fused-ring (bicyclic) bond motifs is 1. The van der Waals surface area contributed by atoms with E-state index >= 15 is 0 Å². The molecule has 2 aromatic carbocycles. The molecule has 0 aromatic heterocycles. The number of thioether (sulfide) groups is 1. The quantitative estimate of drug-likeness (QED) is 0.792. The first-order valence-electron chi connectivity index (χ1n) is 8.51. The Balaban J connectivity index is 1.42. The van der Waals surface area contributed by atoms with Crippen molar-refractivity contribution in [2.45, 2.75) is 18.8 Å². The summed E-state index contributed by atoms with van der Waals surface area (Å²) in [5.74, 6) is 1.30. The second-order valence-corrected chi connectivity index (χ2v) is 7.05. The van der Waals surface area contributed by atoms with Crippen LogP contribution in [-0.2, 0) is 28.3 Å². The van der Waals surface area contributed by atoms with Gasteiger partial charge in [-0.15, -0.1) is 11.8 Å². The Morgan fingerprint density at radius 1 is 1.30 bits per heavy atom. The first-order chi connectivity index (χ1) is 13.2. The van der Waals surface area contributed by atoms with Crippen molar-refractivity contribution in [3.05, 3.63) is 64.5 Å². The van der Waals surface area contributed by atoms with Crippen LogP contribution in [0.2, 0.25) is 0 Å². The summed E-state index contributed by atoms with van der Waals surface area (Å²) in [6.45, 7) is 0.902. The van der Waals surface area contributed by atoms with Crippen LogP contribution in [0.15, 0.2) is 36.4 Å². The van der Waals surface area contributed by atoms with Crippen molar-refractivity contribution < 1.29 is 18.7 Å². The lowest BCUT2D eigenvalue weighted by molar-refractivity contribution is -0.118. The zero-order valence-corrected chi connectivity index (χ0v) is 15.5. The SMILES string of the molecule is N#Cc1ccc(CSCC(=O)NCCc2cc(F)cc3c2OCOC3)cc1. The molecule has 27 heavy (non-hydrogen) atoms. The Morgan fingerprint density at radius 2 is 2.11 bits per heavy atom. The molecular formula is C20H19FN2O3S. The standard InChI is InChI=1S/C20H19FN2O3S/c21-18-7-16(20-17(8-18)10-25-13-26-20)5-6-23-19(24)12-27-11-15-3-1-14(9-22)2-4-15/h1-4,7-8H,5-6,10-13H2,(H,23,24). The van der Waals surface area contributed by atoms with Crippen LogP contribution in [-0.4, -0.2) is 25.0 Å². The van der Waals surface area contributed by atoms with Crippen LogP contribution in [0.4, 0.5) is 4.39 Å². The van der Waals surface area contributed by atoms with Crippen LogP contribution in [0, 0.1) is 17.1 Å². The lowest BCUT2D eigenvalue weighted by Crippen LogP contribution is -2.27. The minimum Gasteiger partial charge on any atom is -0.467 e. The predicted molar refractivity (Wildman–Crippen MR) is 101 cm³/mol. The fraction of sp³-hybridized carbons (Fsp3) is 0.300. The van der Waals surface area contributed by atoms with E-state index in [1.807, 2.05) is 12.1 Å². The van der Waals surface area contributed by atoms with Crippen molar-refractivity contribution >= 4 is 17.7 Å². The fourth-order valence-electron chi connectivity index (χ4n) is 2.77. The minimum atomic E-state index is -0.331. The topological polar surface area (TPSA) is 71.4 Å². The molecular weight excluding hydrogens is 367 g/mol. The second-order valence-electron chi connectivity index (χ2n) is 6.07. The zero-order chi connectivity index (χ0) is 19.1. The Bertz CT molecular complexity index is 850. The van der Waals surface area contributed by atoms with Crippen LogP contribution in [0.5, 0.6) is 5.75 Å². The van der Waals surface area contributed by atoms with Gasteiger partial charge in [0, 0.05) is 17.9 Å². The third-order valence-corrected chi connectivity index (χ3v) is 5.06. The number of benzene rings is 2. The van der Waals surface area contributed by atoms with E-state index in [9.17, 15) is 9.18 Å². The summed E-state index contributed by atoms with van der Waals surface area (Å²) in [6, 6.07) is 12.2. The molecule has 1 aliphatic rings. The van der Waals surface area contributed by atoms with E-state index in [-0.39, 0.29) is 18.5 Å². The predicted octanol–water partition coefficient (Wildman–Crippen LogP) is 3.16. The monoisotopic (exact) mass is 386 g/mol. The molecule has 1 aliphatic heterocycles. The smallest absolute Gasteiger partial charge is 0.230 e. The Kier molecular flexibility index (Phi) is 6.69. The number of carbonyl (C=O) groups is 1. The van der Waals surface area contributed by atoms with Crippen molar-refractivity contribution in [3.8, 4) is 11.8 Å². The number of rotatable bonds is 7. The van der Waals surface area contributed by atoms with Gasteiger partial charge in [-0.25, -0.2) is 4.39 Å². The molecule has 5 nitrogen and oxygen atoms in total. The van der Waals surface area contributed by atoms with Crippen molar-refractivity contribution in [1.82, 2.24) is 5.32 Å². The highest BCUT2D eigenvalue weighted by Gasteiger charge is 2.16. The van der Waals surface area contributed by atoms with Crippen LogP contribution in [0.1, 0.15) is 22.3 Å². The maximum absolute atomic E-state index is 13.7. The summed E-state index contributed by atoms with van der Waals surface area (Å²) >= 11 is 1.50. The van der Waals surface area contributed by atoms with E-state index < -0.39 is 0 Å². The lowest BCUT2D eigenvalue weighted by atomic mass is 10.1. The van der Waals surface area contributed by atoms with Gasteiger partial charge in [-0.3, -0.25) is 4.79 Å². The Hall–Kier alpha value is -2.56. The molecule has 0 atom stereocenters. The molecule has 1 amide bonds. The fourth-order valence-corrected chi connectivity index (χ4v) is 3.58. The molecule has 0 fully saturated rings. The number of ether oxygens (including phenoxy) is 2. The number of halogens is 1. The first-order valence-corrected chi connectivity index (χ1v) is 9.66. The Morgan fingerprint density at radius 3 is 2.89 bits per heavy atom. The molecule has 3 rings (SSSR count). The number of hydrogen-bond acceptors (Lipinski definition) is 5. The lowest BCUT2D eigenvalue weighted by Gasteiger charge is -2.21. The second kappa shape index (κ2) is 9.40. The highest BCUT2D eigenvalue weighted by Crippen LogP contribution is 2.29. The van der Waals surface area contributed by atoms with Gasteiger partial charge in [-0.05, 0) is 41.8 Å². The molecule has 7 heteroatoms. The highest BCUT2D eigenvalue weighted by atomic mass is 32.2. The summed E-state index contributed by atoms with van der Waals surface area (Å²) in [7, 11) is 0. The molecule has 0 bridgehead atoms. The molecule has 0 unspecified atom stereocenters. The highest BCUT2D eigenvalue weighted by molar-refractivity contribution is 7.99. The van der Waals surface area contributed by atoms with Crippen LogP contribution >= 0.6 is 11.8 Å². The molecule has 2 aromatic rings. The first kappa shape index (κ1) is 19.2. The Labute approximate surface area is 161 Å². The summed E-state index contributed by atoms with van der Waals surface area (Å²) in [4.78, 5) is 12.0. The zero-order valence-electron chi connectivity index (χ0n) is 14.7. The van der Waals surface area contributed by atoms with Gasteiger partial charge in [0.05, 0.1) is 24.0 Å². The maximum atomic E-state index is 13.7. The van der Waals surface area contributed by atoms with Gasteiger partial charge in [0.2, 0.25) is 5.91 Å². The minimum absolute atomic E-state index is 0.0665. The third kappa shape index (κ3) is 5.46. The van der Waals surface area contributed by atoms with E-state index in [1.54, 1.807) is 12.1 Å². The number of nitrogens with zero attached hydrogens (tertiary/aromatic N) is 1. The summed E-state index contributed by atoms with van der Waals surface area (Å²) in [6.07, 6.45) is 0.492. The molecule has 0 spiro atoms. The summed E-state index contributed by atoms with van der Waals surface area (Å²) in [5.41, 5.74) is 3.12. The maximum Gasteiger partial charge on any atom is 0.230 e. The van der Waals surface area contributed by atoms with Gasteiger partial charge >= 0.3 is 0 Å². The third-order valence-electron chi connectivity index (χ3n) is 4.05. The van der Waals surface area contributed by atoms with E-state index in [0.29, 0.717) is 48.0 Å². The average Bonchev–Trinajstić information content (AvgIpc) is 2.68. The van der Waals surface area contributed by atoms with Crippen molar-refractivity contribution in [2.24, 2.45) is 0 Å². The van der Waals surface area contributed by atoms with Gasteiger partial charge in [0.1, 0.15) is 11.6 Å². The van der Waals surface area contributed by atoms with E-state index in [0.717, 1.165) is 11.1 Å². The van der Waals surface area contributed by atoms with E-state index in [1.165, 1.54) is 23.9 Å². The van der Waals surface area contributed by atoms with Gasteiger partial charge < -0.3 is 14.8 Å². The molecule has 140 valence electrons. The molecule has 0 aliphatic carbocycles. The van der Waals surface area contributed by atoms with Gasteiger partial charge in [-0.2, -0.15) is 5.26 Å². The van der Waals surface area contributed by atoms with Gasteiger partial charge in [-0.1, -0.05) is 12.1 Å². The van der Waals surface area contributed by atoms with Crippen LogP contribution in [0.25, 0.3) is 0 Å². The van der Waals surface area contributed by atoms with Crippen LogP contribution in [0.3, 0.4) is 0 Å².